The quantitative estimate of drug-likeness (QED) is 0.302. The molecule has 7 heteroatoms. The molecule has 3 rings (SSSR count). The number of rotatable bonds is 6. The van der Waals surface area contributed by atoms with Crippen LogP contribution < -0.4 is 15.4 Å². The summed E-state index contributed by atoms with van der Waals surface area (Å²) in [5, 5.41) is 11.3. The van der Waals surface area contributed by atoms with Gasteiger partial charge in [-0.05, 0) is 55.3 Å². The maximum Gasteiger partial charge on any atom is 0.191 e. The predicted octanol–water partition coefficient (Wildman–Crippen LogP) is 3.98. The zero-order chi connectivity index (χ0) is 19.9. The number of aliphatic imine (C=N–C) groups is 1. The molecule has 0 radical (unpaired) electrons. The monoisotopic (exact) mass is 505 g/mol. The van der Waals surface area contributed by atoms with E-state index in [4.69, 9.17) is 4.74 Å². The second kappa shape index (κ2) is 10.8. The second-order valence-corrected chi connectivity index (χ2v) is 6.66. The van der Waals surface area contributed by atoms with Crippen molar-refractivity contribution in [3.63, 3.8) is 0 Å². The number of methoxy groups -OCH3 is 1. The lowest BCUT2D eigenvalue weighted by atomic mass is 10.1. The Labute approximate surface area is 189 Å². The van der Waals surface area contributed by atoms with Crippen LogP contribution in [0, 0.1) is 13.8 Å². The highest BCUT2D eigenvalue weighted by atomic mass is 127. The summed E-state index contributed by atoms with van der Waals surface area (Å²) in [6.07, 6.45) is 1.95. The Morgan fingerprint density at radius 3 is 2.41 bits per heavy atom. The molecule has 0 amide bonds. The third kappa shape index (κ3) is 6.22. The number of hydrogen-bond donors (Lipinski definition) is 2. The minimum absolute atomic E-state index is 0. The van der Waals surface area contributed by atoms with Crippen LogP contribution in [-0.2, 0) is 13.1 Å². The van der Waals surface area contributed by atoms with E-state index in [-0.39, 0.29) is 24.0 Å². The highest BCUT2D eigenvalue weighted by Crippen LogP contribution is 2.14. The number of aryl methyl sites for hydroxylation is 2. The summed E-state index contributed by atoms with van der Waals surface area (Å²) < 4.78 is 7.05. The first-order valence-electron chi connectivity index (χ1n) is 9.28. The van der Waals surface area contributed by atoms with Crippen LogP contribution in [-0.4, -0.2) is 29.9 Å². The molecule has 2 aromatic carbocycles. The van der Waals surface area contributed by atoms with Crippen LogP contribution in [0.25, 0.3) is 5.69 Å². The summed E-state index contributed by atoms with van der Waals surface area (Å²) in [6, 6.07) is 16.3. The minimum atomic E-state index is 0. The fourth-order valence-corrected chi connectivity index (χ4v) is 2.95. The van der Waals surface area contributed by atoms with E-state index in [9.17, 15) is 0 Å². The summed E-state index contributed by atoms with van der Waals surface area (Å²) in [4.78, 5) is 4.30. The number of benzene rings is 2. The van der Waals surface area contributed by atoms with Gasteiger partial charge >= 0.3 is 0 Å². The topological polar surface area (TPSA) is 63.5 Å². The van der Waals surface area contributed by atoms with Gasteiger partial charge in [0.25, 0.3) is 0 Å². The predicted molar refractivity (Wildman–Crippen MR) is 128 cm³/mol. The van der Waals surface area contributed by atoms with Crippen molar-refractivity contribution >= 4 is 29.9 Å². The molecule has 1 aromatic heterocycles. The van der Waals surface area contributed by atoms with Crippen LogP contribution in [0.2, 0.25) is 0 Å². The minimum Gasteiger partial charge on any atom is -0.497 e. The van der Waals surface area contributed by atoms with Crippen molar-refractivity contribution in [3.05, 3.63) is 77.1 Å². The van der Waals surface area contributed by atoms with E-state index in [1.165, 1.54) is 16.7 Å². The number of aromatic nitrogens is 2. The molecule has 0 fully saturated rings. The average molecular weight is 505 g/mol. The smallest absolute Gasteiger partial charge is 0.191 e. The SMILES string of the molecule is CN=C(NCc1ccn(-c2ccc(OC)cc2)n1)NCc1ccc(C)cc1C.I. The van der Waals surface area contributed by atoms with Crippen LogP contribution in [0.4, 0.5) is 0 Å². The maximum absolute atomic E-state index is 5.20. The molecule has 2 N–H and O–H groups in total. The molecule has 0 aliphatic carbocycles. The standard InChI is InChI=1S/C22H27N5O.HI/c1-16-5-6-18(17(2)13-16)14-24-22(23-3)25-15-19-11-12-27(26-19)20-7-9-21(28-4)10-8-20;/h5-13H,14-15H2,1-4H3,(H2,23,24,25);1H. The van der Waals surface area contributed by atoms with E-state index >= 15 is 0 Å². The molecule has 154 valence electrons. The number of ether oxygens (including phenoxy) is 1. The lowest BCUT2D eigenvalue weighted by molar-refractivity contribution is 0.414. The van der Waals surface area contributed by atoms with E-state index in [1.807, 2.05) is 41.2 Å². The van der Waals surface area contributed by atoms with Crippen molar-refractivity contribution in [2.45, 2.75) is 26.9 Å². The summed E-state index contributed by atoms with van der Waals surface area (Å²) in [6.45, 7) is 5.56. The second-order valence-electron chi connectivity index (χ2n) is 6.66. The lowest BCUT2D eigenvalue weighted by Gasteiger charge is -2.13. The molecule has 6 nitrogen and oxygen atoms in total. The van der Waals surface area contributed by atoms with Crippen LogP contribution in [0.1, 0.15) is 22.4 Å². The molecule has 29 heavy (non-hydrogen) atoms. The summed E-state index contributed by atoms with van der Waals surface area (Å²) in [7, 11) is 3.43. The number of hydrogen-bond acceptors (Lipinski definition) is 3. The van der Waals surface area contributed by atoms with Crippen LogP contribution in [0.5, 0.6) is 5.75 Å². The van der Waals surface area contributed by atoms with E-state index < -0.39 is 0 Å². The van der Waals surface area contributed by atoms with Crippen LogP contribution >= 0.6 is 24.0 Å². The van der Waals surface area contributed by atoms with Crippen molar-refractivity contribution in [1.82, 2.24) is 20.4 Å². The van der Waals surface area contributed by atoms with Gasteiger partial charge in [0.15, 0.2) is 5.96 Å². The first kappa shape index (κ1) is 22.7. The van der Waals surface area contributed by atoms with Gasteiger partial charge in [0, 0.05) is 19.8 Å². The van der Waals surface area contributed by atoms with E-state index in [1.54, 1.807) is 14.2 Å². The highest BCUT2D eigenvalue weighted by molar-refractivity contribution is 14.0. The van der Waals surface area contributed by atoms with Crippen molar-refractivity contribution < 1.29 is 4.74 Å². The molecule has 0 aliphatic rings. The highest BCUT2D eigenvalue weighted by Gasteiger charge is 2.05. The Bertz CT molecular complexity index is 950. The van der Waals surface area contributed by atoms with Gasteiger partial charge in [-0.15, -0.1) is 24.0 Å². The first-order valence-corrected chi connectivity index (χ1v) is 9.28. The molecule has 0 unspecified atom stereocenters. The largest absolute Gasteiger partial charge is 0.497 e. The molecule has 0 spiro atoms. The Morgan fingerprint density at radius 2 is 1.76 bits per heavy atom. The summed E-state index contributed by atoms with van der Waals surface area (Å²) >= 11 is 0. The molecule has 0 bridgehead atoms. The Kier molecular flexibility index (Phi) is 8.50. The van der Waals surface area contributed by atoms with Gasteiger partial charge in [-0.3, -0.25) is 4.99 Å². The van der Waals surface area contributed by atoms with Crippen molar-refractivity contribution in [2.24, 2.45) is 4.99 Å². The third-order valence-electron chi connectivity index (χ3n) is 4.59. The van der Waals surface area contributed by atoms with Crippen molar-refractivity contribution in [2.75, 3.05) is 14.2 Å². The molecule has 1 heterocycles. The Hall–Kier alpha value is -2.55. The molecule has 0 aliphatic heterocycles. The van der Waals surface area contributed by atoms with Gasteiger partial charge in [-0.1, -0.05) is 23.8 Å². The van der Waals surface area contributed by atoms with Gasteiger partial charge in [0.2, 0.25) is 0 Å². The van der Waals surface area contributed by atoms with Crippen LogP contribution in [0.15, 0.2) is 59.7 Å². The number of guanidine groups is 1. The molecule has 0 saturated carbocycles. The number of halogens is 1. The first-order chi connectivity index (χ1) is 13.6. The van der Waals surface area contributed by atoms with Gasteiger partial charge in [-0.25, -0.2) is 4.68 Å². The normalized spacial score (nSPS) is 11.0. The lowest BCUT2D eigenvalue weighted by Crippen LogP contribution is -2.36. The fourth-order valence-electron chi connectivity index (χ4n) is 2.95. The van der Waals surface area contributed by atoms with Gasteiger partial charge < -0.3 is 15.4 Å². The van der Waals surface area contributed by atoms with Gasteiger partial charge in [0.05, 0.1) is 25.0 Å². The van der Waals surface area contributed by atoms with Gasteiger partial charge in [-0.2, -0.15) is 5.10 Å². The fraction of sp³-hybridized carbons (Fsp3) is 0.273. The molecular weight excluding hydrogens is 477 g/mol. The van der Waals surface area contributed by atoms with E-state index in [0.29, 0.717) is 6.54 Å². The molecule has 3 aromatic rings. The van der Waals surface area contributed by atoms with Crippen molar-refractivity contribution in [1.29, 1.82) is 0 Å². The number of nitrogens with one attached hydrogen (secondary N) is 2. The Morgan fingerprint density at radius 1 is 1.03 bits per heavy atom. The van der Waals surface area contributed by atoms with Crippen LogP contribution in [0.3, 0.4) is 0 Å². The van der Waals surface area contributed by atoms with Gasteiger partial charge in [0.1, 0.15) is 5.75 Å². The summed E-state index contributed by atoms with van der Waals surface area (Å²) in [5.41, 5.74) is 5.74. The van der Waals surface area contributed by atoms with E-state index in [0.717, 1.165) is 29.6 Å². The van der Waals surface area contributed by atoms with Crippen molar-refractivity contribution in [3.8, 4) is 11.4 Å². The average Bonchev–Trinajstić information content (AvgIpc) is 3.18. The number of nitrogens with zero attached hydrogens (tertiary/aromatic N) is 3. The maximum atomic E-state index is 5.20. The molecule has 0 atom stereocenters. The molecule has 0 saturated heterocycles. The zero-order valence-corrected chi connectivity index (χ0v) is 19.6. The van der Waals surface area contributed by atoms with E-state index in [2.05, 4.69) is 52.8 Å². The zero-order valence-electron chi connectivity index (χ0n) is 17.3. The molecular formula is C22H28IN5O. The third-order valence-corrected chi connectivity index (χ3v) is 4.59. The Balaban J connectivity index is 0.00000300. The summed E-state index contributed by atoms with van der Waals surface area (Å²) in [5.74, 6) is 1.58.